The molecule has 30 heavy (non-hydrogen) atoms. The third-order valence-electron chi connectivity index (χ3n) is 5.96. The molecule has 7 nitrogen and oxygen atoms in total. The third kappa shape index (κ3) is 3.81. The maximum Gasteiger partial charge on any atom is 0.183 e. The molecule has 0 aromatic heterocycles. The van der Waals surface area contributed by atoms with Crippen molar-refractivity contribution in [2.45, 2.75) is 29.2 Å². The Labute approximate surface area is 177 Å². The van der Waals surface area contributed by atoms with Crippen LogP contribution >= 0.6 is 0 Å². The second kappa shape index (κ2) is 7.86. The Hall–Kier alpha value is -2.10. The fourth-order valence-corrected chi connectivity index (χ4v) is 9.26. The van der Waals surface area contributed by atoms with Gasteiger partial charge in [0.05, 0.1) is 35.9 Å². The molecule has 2 aliphatic rings. The second-order valence-electron chi connectivity index (χ2n) is 7.74. The van der Waals surface area contributed by atoms with Crippen LogP contribution < -0.4 is 9.47 Å². The largest absolute Gasteiger partial charge is 0.493 e. The molecule has 0 N–H and O–H groups in total. The molecule has 0 saturated carbocycles. The first-order valence-electron chi connectivity index (χ1n) is 9.72. The highest BCUT2D eigenvalue weighted by molar-refractivity contribution is 7.96. The van der Waals surface area contributed by atoms with E-state index in [1.54, 1.807) is 32.4 Å². The summed E-state index contributed by atoms with van der Waals surface area (Å²) in [6.07, 6.45) is 0.685. The minimum atomic E-state index is -3.77. The van der Waals surface area contributed by atoms with Crippen molar-refractivity contribution in [2.24, 2.45) is 0 Å². The van der Waals surface area contributed by atoms with Gasteiger partial charge < -0.3 is 9.47 Å². The fraction of sp³-hybridized carbons (Fsp3) is 0.429. The summed E-state index contributed by atoms with van der Waals surface area (Å²) in [7, 11) is -4.07. The van der Waals surface area contributed by atoms with Crippen molar-refractivity contribution >= 4 is 19.7 Å². The van der Waals surface area contributed by atoms with Gasteiger partial charge in [-0.1, -0.05) is 18.2 Å². The van der Waals surface area contributed by atoms with Gasteiger partial charge in [-0.3, -0.25) is 4.90 Å². The zero-order chi connectivity index (χ0) is 21.5. The van der Waals surface area contributed by atoms with E-state index in [4.69, 9.17) is 9.47 Å². The Morgan fingerprint density at radius 2 is 1.60 bits per heavy atom. The molecule has 9 heteroatoms. The van der Waals surface area contributed by atoms with E-state index < -0.39 is 31.0 Å². The number of nitrogens with zero attached hydrogens (tertiary/aromatic N) is 1. The van der Waals surface area contributed by atoms with Crippen molar-refractivity contribution in [3.05, 3.63) is 53.6 Å². The van der Waals surface area contributed by atoms with Crippen LogP contribution in [0.1, 0.15) is 11.1 Å². The SMILES string of the molecule is COc1cc2c(cc1OC)CN([C@@H]1CS(=O)(=O)C[C@H]1S(=O)(=O)c1ccccc1)CC2. The normalized spacial score (nSPS) is 23.7. The number of rotatable bonds is 5. The van der Waals surface area contributed by atoms with Crippen LogP contribution in [0, 0.1) is 0 Å². The average Bonchev–Trinajstić information content (AvgIpc) is 3.09. The minimum Gasteiger partial charge on any atom is -0.493 e. The predicted molar refractivity (Wildman–Crippen MR) is 114 cm³/mol. The van der Waals surface area contributed by atoms with Gasteiger partial charge in [0, 0.05) is 19.1 Å². The van der Waals surface area contributed by atoms with E-state index in [2.05, 4.69) is 0 Å². The molecule has 2 heterocycles. The summed E-state index contributed by atoms with van der Waals surface area (Å²) in [6.45, 7) is 1.06. The summed E-state index contributed by atoms with van der Waals surface area (Å²) in [4.78, 5) is 2.16. The van der Waals surface area contributed by atoms with Crippen molar-refractivity contribution < 1.29 is 26.3 Å². The van der Waals surface area contributed by atoms with Crippen molar-refractivity contribution in [1.29, 1.82) is 0 Å². The van der Waals surface area contributed by atoms with Crippen molar-refractivity contribution in [3.8, 4) is 11.5 Å². The van der Waals surface area contributed by atoms with Gasteiger partial charge in [-0.2, -0.15) is 0 Å². The maximum atomic E-state index is 13.3. The topological polar surface area (TPSA) is 90.0 Å². The van der Waals surface area contributed by atoms with Gasteiger partial charge in [0.25, 0.3) is 0 Å². The summed E-state index contributed by atoms with van der Waals surface area (Å²) >= 11 is 0. The van der Waals surface area contributed by atoms with Crippen LogP contribution in [0.5, 0.6) is 11.5 Å². The number of methoxy groups -OCH3 is 2. The lowest BCUT2D eigenvalue weighted by atomic mass is 9.97. The fourth-order valence-electron chi connectivity index (χ4n) is 4.41. The van der Waals surface area contributed by atoms with Crippen LogP contribution in [-0.2, 0) is 32.6 Å². The van der Waals surface area contributed by atoms with Crippen LogP contribution in [-0.4, -0.2) is 65.3 Å². The molecule has 162 valence electrons. The van der Waals surface area contributed by atoms with Crippen molar-refractivity contribution in [3.63, 3.8) is 0 Å². The zero-order valence-corrected chi connectivity index (χ0v) is 18.6. The van der Waals surface area contributed by atoms with Gasteiger partial charge in [-0.25, -0.2) is 16.8 Å². The summed E-state index contributed by atoms with van der Waals surface area (Å²) in [5.41, 5.74) is 2.10. The first-order valence-corrected chi connectivity index (χ1v) is 13.1. The van der Waals surface area contributed by atoms with E-state index in [1.165, 1.54) is 12.1 Å². The molecule has 1 fully saturated rings. The molecule has 0 spiro atoms. The summed E-state index contributed by atoms with van der Waals surface area (Å²) in [6, 6.07) is 11.4. The zero-order valence-electron chi connectivity index (χ0n) is 16.9. The molecule has 2 aliphatic heterocycles. The van der Waals surface area contributed by atoms with Gasteiger partial charge in [-0.05, 0) is 41.8 Å². The second-order valence-corrected chi connectivity index (χ2v) is 12.1. The van der Waals surface area contributed by atoms with Crippen molar-refractivity contribution in [2.75, 3.05) is 32.3 Å². The lowest BCUT2D eigenvalue weighted by molar-refractivity contribution is 0.195. The van der Waals surface area contributed by atoms with E-state index in [0.29, 0.717) is 31.0 Å². The molecule has 0 radical (unpaired) electrons. The first-order chi connectivity index (χ1) is 14.2. The molecule has 0 amide bonds. The molecule has 0 bridgehead atoms. The van der Waals surface area contributed by atoms with E-state index in [9.17, 15) is 16.8 Å². The Kier molecular flexibility index (Phi) is 5.54. The number of fused-ring (bicyclic) bond motifs is 1. The van der Waals surface area contributed by atoms with Crippen LogP contribution in [0.4, 0.5) is 0 Å². The number of sulfone groups is 2. The molecule has 2 aromatic rings. The number of hydrogen-bond donors (Lipinski definition) is 0. The van der Waals surface area contributed by atoms with Gasteiger partial charge in [-0.15, -0.1) is 0 Å². The number of ether oxygens (including phenoxy) is 2. The average molecular weight is 452 g/mol. The number of hydrogen-bond acceptors (Lipinski definition) is 7. The monoisotopic (exact) mass is 451 g/mol. The highest BCUT2D eigenvalue weighted by Gasteiger charge is 2.48. The van der Waals surface area contributed by atoms with Gasteiger partial charge >= 0.3 is 0 Å². The lowest BCUT2D eigenvalue weighted by Gasteiger charge is -2.36. The molecule has 4 rings (SSSR count). The van der Waals surface area contributed by atoms with Crippen LogP contribution in [0.3, 0.4) is 0 Å². The van der Waals surface area contributed by atoms with Gasteiger partial charge in [0.15, 0.2) is 31.2 Å². The molecule has 0 unspecified atom stereocenters. The summed E-state index contributed by atoms with van der Waals surface area (Å²) in [5, 5.41) is -0.980. The lowest BCUT2D eigenvalue weighted by Crippen LogP contribution is -2.48. The molecular formula is C21H25NO6S2. The Balaban J connectivity index is 1.67. The Bertz CT molecular complexity index is 1150. The standard InChI is InChI=1S/C21H25NO6S2/c1-27-19-10-15-8-9-22(12-16(15)11-20(19)28-2)18-13-29(23,24)14-21(18)30(25,26)17-6-4-3-5-7-17/h3-7,10-11,18,21H,8-9,12-14H2,1-2H3/t18-,21-/m1/s1. The van der Waals surface area contributed by atoms with E-state index in [-0.39, 0.29) is 16.4 Å². The van der Waals surface area contributed by atoms with Crippen molar-refractivity contribution in [1.82, 2.24) is 4.90 Å². The highest BCUT2D eigenvalue weighted by Crippen LogP contribution is 2.36. The minimum absolute atomic E-state index is 0.146. The van der Waals surface area contributed by atoms with Gasteiger partial charge in [0.2, 0.25) is 0 Å². The first kappa shape index (κ1) is 21.1. The summed E-state index contributed by atoms with van der Waals surface area (Å²) < 4.78 is 62.3. The van der Waals surface area contributed by atoms with Crippen LogP contribution in [0.2, 0.25) is 0 Å². The van der Waals surface area contributed by atoms with E-state index >= 15 is 0 Å². The van der Waals surface area contributed by atoms with E-state index in [1.807, 2.05) is 17.0 Å². The predicted octanol–water partition coefficient (Wildman–Crippen LogP) is 1.70. The smallest absolute Gasteiger partial charge is 0.183 e. The number of benzene rings is 2. The Morgan fingerprint density at radius 1 is 0.967 bits per heavy atom. The molecule has 1 saturated heterocycles. The van der Waals surface area contributed by atoms with Crippen LogP contribution in [0.25, 0.3) is 0 Å². The summed E-state index contributed by atoms with van der Waals surface area (Å²) in [5.74, 6) is 0.763. The maximum absolute atomic E-state index is 13.3. The third-order valence-corrected chi connectivity index (χ3v) is 10.1. The van der Waals surface area contributed by atoms with E-state index in [0.717, 1.165) is 11.1 Å². The molecular weight excluding hydrogens is 426 g/mol. The quantitative estimate of drug-likeness (QED) is 0.683. The van der Waals surface area contributed by atoms with Gasteiger partial charge in [0.1, 0.15) is 0 Å². The van der Waals surface area contributed by atoms with Crippen LogP contribution in [0.15, 0.2) is 47.4 Å². The molecule has 2 aromatic carbocycles. The highest BCUT2D eigenvalue weighted by atomic mass is 32.2. The molecule has 2 atom stereocenters. The Morgan fingerprint density at radius 3 is 2.23 bits per heavy atom. The molecule has 0 aliphatic carbocycles.